The summed E-state index contributed by atoms with van der Waals surface area (Å²) in [6.45, 7) is 1.98. The molecule has 0 spiro atoms. The largest absolute Gasteiger partial charge is 0.462 e. The van der Waals surface area contributed by atoms with Crippen LogP contribution >= 0.6 is 11.6 Å². The van der Waals surface area contributed by atoms with E-state index < -0.39 is 11.9 Å². The summed E-state index contributed by atoms with van der Waals surface area (Å²) >= 11 is 6.26. The molecule has 0 saturated heterocycles. The molecule has 3 aromatic rings. The van der Waals surface area contributed by atoms with E-state index in [1.54, 1.807) is 25.1 Å². The van der Waals surface area contributed by atoms with Crippen molar-refractivity contribution in [1.82, 2.24) is 20.4 Å². The second-order valence-electron chi connectivity index (χ2n) is 5.24. The Labute approximate surface area is 158 Å². The number of esters is 1. The van der Waals surface area contributed by atoms with Crippen molar-refractivity contribution in [3.63, 3.8) is 0 Å². The summed E-state index contributed by atoms with van der Waals surface area (Å²) < 4.78 is 10.6. The van der Waals surface area contributed by atoms with Crippen LogP contribution in [0.25, 0.3) is 11.3 Å². The van der Waals surface area contributed by atoms with Crippen LogP contribution in [0.15, 0.2) is 36.5 Å². The second-order valence-corrected chi connectivity index (χ2v) is 5.64. The molecule has 3 N–H and O–H groups in total. The highest BCUT2D eigenvalue weighted by molar-refractivity contribution is 6.32. The molecule has 10 heteroatoms. The Kier molecular flexibility index (Phi) is 5.32. The van der Waals surface area contributed by atoms with E-state index in [1.807, 2.05) is 0 Å². The van der Waals surface area contributed by atoms with Gasteiger partial charge in [0.25, 0.3) is 5.91 Å². The SMILES string of the molecule is CCOC(=O)c1ccnc(Oc2ccc(-c3n[nH]nc3C(N)=O)cc2Cl)c1. The highest BCUT2D eigenvalue weighted by atomic mass is 35.5. The number of benzene rings is 1. The number of halogens is 1. The van der Waals surface area contributed by atoms with Crippen molar-refractivity contribution in [2.24, 2.45) is 5.73 Å². The molecule has 138 valence electrons. The number of aromatic amines is 1. The molecule has 2 heterocycles. The molecular formula is C17H14ClN5O4. The number of primary amides is 1. The Morgan fingerprint density at radius 1 is 1.22 bits per heavy atom. The second kappa shape index (κ2) is 7.83. The van der Waals surface area contributed by atoms with E-state index in [0.717, 1.165) is 0 Å². The van der Waals surface area contributed by atoms with Gasteiger partial charge in [-0.1, -0.05) is 11.6 Å². The standard InChI is InChI=1S/C17H14ClN5O4/c1-2-26-17(25)10-5-6-20-13(8-10)27-12-4-3-9(7-11(12)18)14-15(16(19)24)22-23-21-14/h3-8H,2H2,1H3,(H2,19,24)(H,21,22,23). The Morgan fingerprint density at radius 3 is 2.74 bits per heavy atom. The predicted molar refractivity (Wildman–Crippen MR) is 95.6 cm³/mol. The van der Waals surface area contributed by atoms with Crippen LogP contribution in [-0.2, 0) is 4.74 Å². The summed E-state index contributed by atoms with van der Waals surface area (Å²) in [6.07, 6.45) is 1.43. The number of carbonyl (C=O) groups is 2. The third-order valence-corrected chi connectivity index (χ3v) is 3.74. The molecule has 0 bridgehead atoms. The summed E-state index contributed by atoms with van der Waals surface area (Å²) in [5.41, 5.74) is 6.38. The zero-order valence-corrected chi connectivity index (χ0v) is 14.9. The van der Waals surface area contributed by atoms with Crippen molar-refractivity contribution in [3.8, 4) is 22.9 Å². The molecule has 1 aromatic carbocycles. The molecule has 2 aromatic heterocycles. The maximum absolute atomic E-state index is 11.8. The summed E-state index contributed by atoms with van der Waals surface area (Å²) in [4.78, 5) is 27.2. The van der Waals surface area contributed by atoms with Gasteiger partial charge in [-0.15, -0.1) is 0 Å². The molecule has 27 heavy (non-hydrogen) atoms. The molecule has 9 nitrogen and oxygen atoms in total. The van der Waals surface area contributed by atoms with E-state index in [0.29, 0.717) is 16.9 Å². The van der Waals surface area contributed by atoms with Gasteiger partial charge in [-0.2, -0.15) is 15.4 Å². The maximum atomic E-state index is 11.8. The third-order valence-electron chi connectivity index (χ3n) is 3.45. The number of nitrogens with zero attached hydrogens (tertiary/aromatic N) is 3. The number of hydrogen-bond acceptors (Lipinski definition) is 7. The Morgan fingerprint density at radius 2 is 2.04 bits per heavy atom. The lowest BCUT2D eigenvalue weighted by Crippen LogP contribution is -2.12. The van der Waals surface area contributed by atoms with Crippen LogP contribution in [0.2, 0.25) is 5.02 Å². The molecule has 0 aliphatic carbocycles. The molecule has 0 saturated carbocycles. The maximum Gasteiger partial charge on any atom is 0.338 e. The first kappa shape index (κ1) is 18.3. The monoisotopic (exact) mass is 387 g/mol. The van der Waals surface area contributed by atoms with Gasteiger partial charge in [0.15, 0.2) is 5.69 Å². The summed E-state index contributed by atoms with van der Waals surface area (Å²) in [6, 6.07) is 7.74. The summed E-state index contributed by atoms with van der Waals surface area (Å²) in [7, 11) is 0. The number of hydrogen-bond donors (Lipinski definition) is 2. The lowest BCUT2D eigenvalue weighted by atomic mass is 10.1. The summed E-state index contributed by atoms with van der Waals surface area (Å²) in [5, 5.41) is 10.2. The molecule has 1 amide bonds. The number of rotatable bonds is 6. The average molecular weight is 388 g/mol. The topological polar surface area (TPSA) is 133 Å². The van der Waals surface area contributed by atoms with E-state index in [9.17, 15) is 9.59 Å². The van der Waals surface area contributed by atoms with Crippen molar-refractivity contribution in [2.45, 2.75) is 6.92 Å². The highest BCUT2D eigenvalue weighted by Gasteiger charge is 2.17. The van der Waals surface area contributed by atoms with Gasteiger partial charge in [-0.3, -0.25) is 4.79 Å². The van der Waals surface area contributed by atoms with Gasteiger partial charge >= 0.3 is 5.97 Å². The van der Waals surface area contributed by atoms with E-state index in [2.05, 4.69) is 20.4 Å². The van der Waals surface area contributed by atoms with Gasteiger partial charge in [0.05, 0.1) is 17.2 Å². The number of amides is 1. The van der Waals surface area contributed by atoms with Crippen molar-refractivity contribution in [1.29, 1.82) is 0 Å². The van der Waals surface area contributed by atoms with Crippen molar-refractivity contribution in [3.05, 3.63) is 52.8 Å². The molecular weight excluding hydrogens is 374 g/mol. The zero-order valence-electron chi connectivity index (χ0n) is 14.1. The lowest BCUT2D eigenvalue weighted by Gasteiger charge is -2.09. The van der Waals surface area contributed by atoms with E-state index in [1.165, 1.54) is 18.3 Å². The molecule has 0 aliphatic rings. The summed E-state index contributed by atoms with van der Waals surface area (Å²) in [5.74, 6) is -0.709. The van der Waals surface area contributed by atoms with Crippen LogP contribution in [0.4, 0.5) is 0 Å². The van der Waals surface area contributed by atoms with Crippen LogP contribution in [0, 0.1) is 0 Å². The van der Waals surface area contributed by atoms with Gasteiger partial charge in [0.2, 0.25) is 5.88 Å². The van der Waals surface area contributed by atoms with Crippen molar-refractivity contribution >= 4 is 23.5 Å². The van der Waals surface area contributed by atoms with E-state index >= 15 is 0 Å². The number of carbonyl (C=O) groups excluding carboxylic acids is 2. The van der Waals surface area contributed by atoms with Gasteiger partial charge in [-0.05, 0) is 31.2 Å². The molecule has 0 fully saturated rings. The fraction of sp³-hybridized carbons (Fsp3) is 0.118. The molecule has 0 aliphatic heterocycles. The minimum atomic E-state index is -0.713. The van der Waals surface area contributed by atoms with Gasteiger partial charge in [-0.25, -0.2) is 9.78 Å². The zero-order chi connectivity index (χ0) is 19.4. The van der Waals surface area contributed by atoms with Gasteiger partial charge in [0, 0.05) is 17.8 Å². The quantitative estimate of drug-likeness (QED) is 0.621. The molecule has 0 atom stereocenters. The molecule has 0 radical (unpaired) electrons. The Bertz CT molecular complexity index is 1000. The lowest BCUT2D eigenvalue weighted by molar-refractivity contribution is 0.0525. The Balaban J connectivity index is 1.85. The van der Waals surface area contributed by atoms with Crippen molar-refractivity contribution in [2.75, 3.05) is 6.61 Å². The number of aromatic nitrogens is 4. The first-order valence-electron chi connectivity index (χ1n) is 7.81. The highest BCUT2D eigenvalue weighted by Crippen LogP contribution is 2.33. The van der Waals surface area contributed by atoms with Crippen LogP contribution in [0.1, 0.15) is 27.8 Å². The number of nitrogens with two attached hydrogens (primary N) is 1. The van der Waals surface area contributed by atoms with E-state index in [4.69, 9.17) is 26.8 Å². The minimum absolute atomic E-state index is 0.00328. The van der Waals surface area contributed by atoms with Crippen LogP contribution in [-0.4, -0.2) is 38.9 Å². The van der Waals surface area contributed by atoms with Gasteiger partial charge in [0.1, 0.15) is 11.4 Å². The van der Waals surface area contributed by atoms with E-state index in [-0.39, 0.29) is 28.9 Å². The van der Waals surface area contributed by atoms with Crippen LogP contribution < -0.4 is 10.5 Å². The normalized spacial score (nSPS) is 10.4. The number of ether oxygens (including phenoxy) is 2. The van der Waals surface area contributed by atoms with Crippen LogP contribution in [0.3, 0.4) is 0 Å². The Hall–Kier alpha value is -3.46. The molecule has 3 rings (SSSR count). The first-order valence-corrected chi connectivity index (χ1v) is 8.19. The van der Waals surface area contributed by atoms with Gasteiger partial charge < -0.3 is 15.2 Å². The molecule has 0 unspecified atom stereocenters. The first-order chi connectivity index (χ1) is 13.0. The van der Waals surface area contributed by atoms with Crippen LogP contribution in [0.5, 0.6) is 11.6 Å². The van der Waals surface area contributed by atoms with Crippen molar-refractivity contribution < 1.29 is 19.1 Å². The fourth-order valence-electron chi connectivity index (χ4n) is 2.25. The average Bonchev–Trinajstić information content (AvgIpc) is 3.14. The number of nitrogens with one attached hydrogen (secondary N) is 1. The number of H-pyrrole nitrogens is 1. The predicted octanol–water partition coefficient (Wildman–Crippen LogP) is 2.59. The minimum Gasteiger partial charge on any atom is -0.462 e. The number of pyridine rings is 1. The fourth-order valence-corrected chi connectivity index (χ4v) is 2.47. The smallest absolute Gasteiger partial charge is 0.338 e. The third kappa shape index (κ3) is 4.04.